The molecule has 5 nitrogen and oxygen atoms in total. The van der Waals surface area contributed by atoms with Crippen molar-refractivity contribution in [1.82, 2.24) is 9.47 Å². The molecule has 152 valence electrons. The van der Waals surface area contributed by atoms with E-state index in [1.807, 2.05) is 24.4 Å². The molecule has 0 aliphatic carbocycles. The monoisotopic (exact) mass is 388 g/mol. The Balaban J connectivity index is 2.00. The fraction of sp³-hybridized carbons (Fsp3) is 0.455. The van der Waals surface area contributed by atoms with E-state index in [0.717, 1.165) is 24.2 Å². The lowest BCUT2D eigenvalue weighted by molar-refractivity contribution is 0.0240. The van der Waals surface area contributed by atoms with E-state index in [1.165, 1.54) is 6.07 Å². The zero-order valence-electron chi connectivity index (χ0n) is 16.4. The molecule has 28 heavy (non-hydrogen) atoms. The molecular weight excluding hydrogens is 359 g/mol. The first kappa shape index (κ1) is 22.1. The minimum Gasteiger partial charge on any atom is -0.389 e. The average Bonchev–Trinajstić information content (AvgIpc) is 3.08. The largest absolute Gasteiger partial charge is 0.389 e. The molecule has 6 heteroatoms. The van der Waals surface area contributed by atoms with Crippen LogP contribution < -0.4 is 0 Å². The lowest BCUT2D eigenvalue weighted by Gasteiger charge is -2.25. The summed E-state index contributed by atoms with van der Waals surface area (Å²) in [6, 6.07) is 10.7. The normalized spacial score (nSPS) is 12.2. The molecule has 1 atom stereocenters. The van der Waals surface area contributed by atoms with Crippen LogP contribution in [0.2, 0.25) is 0 Å². The summed E-state index contributed by atoms with van der Waals surface area (Å²) < 4.78 is 26.0. The second kappa shape index (κ2) is 12.3. The summed E-state index contributed by atoms with van der Waals surface area (Å²) in [6.07, 6.45) is 7.39. The Bertz CT molecular complexity index is 741. The molecule has 0 amide bonds. The number of halogens is 1. The Morgan fingerprint density at radius 1 is 1.32 bits per heavy atom. The highest BCUT2D eigenvalue weighted by molar-refractivity contribution is 5.18. The van der Waals surface area contributed by atoms with Gasteiger partial charge in [-0.1, -0.05) is 18.1 Å². The average molecular weight is 388 g/mol. The SMILES string of the molecule is C#CCOCC(O)CN(CCCOC)Cc1cccn1Cc1cccc(F)c1. The maximum absolute atomic E-state index is 13.5. The quantitative estimate of drug-likeness (QED) is 0.423. The Kier molecular flexibility index (Phi) is 9.73. The van der Waals surface area contributed by atoms with Gasteiger partial charge in [-0.15, -0.1) is 6.42 Å². The van der Waals surface area contributed by atoms with Crippen molar-refractivity contribution in [3.8, 4) is 12.3 Å². The van der Waals surface area contributed by atoms with Crippen LogP contribution in [-0.4, -0.2) is 60.7 Å². The molecule has 0 radical (unpaired) electrons. The molecule has 1 aromatic heterocycles. The van der Waals surface area contributed by atoms with Gasteiger partial charge in [0.25, 0.3) is 0 Å². The minimum atomic E-state index is -0.623. The van der Waals surface area contributed by atoms with Crippen LogP contribution in [0, 0.1) is 18.2 Å². The Hall–Kier alpha value is -2.17. The van der Waals surface area contributed by atoms with Crippen molar-refractivity contribution in [2.45, 2.75) is 25.6 Å². The summed E-state index contributed by atoms with van der Waals surface area (Å²) >= 11 is 0. The van der Waals surface area contributed by atoms with E-state index in [9.17, 15) is 9.50 Å². The topological polar surface area (TPSA) is 46.9 Å². The van der Waals surface area contributed by atoms with E-state index in [-0.39, 0.29) is 19.0 Å². The lowest BCUT2D eigenvalue weighted by Crippen LogP contribution is -2.36. The maximum Gasteiger partial charge on any atom is 0.123 e. The Morgan fingerprint density at radius 3 is 2.93 bits per heavy atom. The van der Waals surface area contributed by atoms with Gasteiger partial charge in [-0.25, -0.2) is 4.39 Å². The number of benzene rings is 1. The number of ether oxygens (including phenoxy) is 2. The molecule has 1 unspecified atom stereocenters. The van der Waals surface area contributed by atoms with Gasteiger partial charge in [0.2, 0.25) is 0 Å². The fourth-order valence-corrected chi connectivity index (χ4v) is 3.08. The third-order valence-corrected chi connectivity index (χ3v) is 4.34. The van der Waals surface area contributed by atoms with E-state index < -0.39 is 6.10 Å². The Morgan fingerprint density at radius 2 is 2.18 bits per heavy atom. The molecule has 2 aromatic rings. The highest BCUT2D eigenvalue weighted by Crippen LogP contribution is 2.12. The van der Waals surface area contributed by atoms with Gasteiger partial charge in [-0.05, 0) is 36.2 Å². The molecule has 0 saturated heterocycles. The highest BCUT2D eigenvalue weighted by atomic mass is 19.1. The van der Waals surface area contributed by atoms with Crippen LogP contribution in [0.15, 0.2) is 42.6 Å². The van der Waals surface area contributed by atoms with Crippen molar-refractivity contribution in [3.63, 3.8) is 0 Å². The molecule has 0 aliphatic heterocycles. The summed E-state index contributed by atoms with van der Waals surface area (Å²) in [4.78, 5) is 2.17. The van der Waals surface area contributed by atoms with Gasteiger partial charge in [0.15, 0.2) is 0 Å². The number of hydrogen-bond donors (Lipinski definition) is 1. The van der Waals surface area contributed by atoms with Gasteiger partial charge in [0.1, 0.15) is 12.4 Å². The number of rotatable bonds is 13. The highest BCUT2D eigenvalue weighted by Gasteiger charge is 2.14. The molecular formula is C22H29FN2O3. The van der Waals surface area contributed by atoms with Gasteiger partial charge in [0.05, 0.1) is 12.7 Å². The van der Waals surface area contributed by atoms with Crippen LogP contribution in [0.1, 0.15) is 17.7 Å². The predicted molar refractivity (Wildman–Crippen MR) is 107 cm³/mol. The van der Waals surface area contributed by atoms with Crippen LogP contribution >= 0.6 is 0 Å². The molecule has 0 aliphatic rings. The second-order valence-corrected chi connectivity index (χ2v) is 6.71. The van der Waals surface area contributed by atoms with Crippen LogP contribution in [0.25, 0.3) is 0 Å². The smallest absolute Gasteiger partial charge is 0.123 e. The molecule has 1 N–H and O–H groups in total. The standard InChI is InChI=1S/C22H29FN2O3/c1-3-12-28-18-22(26)17-24(10-6-13-27-2)16-21-9-5-11-25(21)15-19-7-4-8-20(23)14-19/h1,4-5,7-9,11,14,22,26H,6,10,12-13,15-18H2,2H3. The van der Waals surface area contributed by atoms with Gasteiger partial charge in [-0.3, -0.25) is 4.90 Å². The first-order valence-corrected chi connectivity index (χ1v) is 9.41. The van der Waals surface area contributed by atoms with Crippen LogP contribution in [-0.2, 0) is 22.6 Å². The maximum atomic E-state index is 13.5. The predicted octanol–water partition coefficient (Wildman–Crippen LogP) is 2.52. The molecule has 1 heterocycles. The number of methoxy groups -OCH3 is 1. The van der Waals surface area contributed by atoms with Crippen molar-refractivity contribution in [2.24, 2.45) is 0 Å². The molecule has 0 saturated carbocycles. The number of terminal acetylenes is 1. The van der Waals surface area contributed by atoms with Crippen molar-refractivity contribution in [2.75, 3.05) is 40.0 Å². The lowest BCUT2D eigenvalue weighted by atomic mass is 10.2. The summed E-state index contributed by atoms with van der Waals surface area (Å²) in [5.74, 6) is 2.16. The van der Waals surface area contributed by atoms with Crippen molar-refractivity contribution in [1.29, 1.82) is 0 Å². The van der Waals surface area contributed by atoms with E-state index in [2.05, 4.69) is 15.4 Å². The van der Waals surface area contributed by atoms with Gasteiger partial charge >= 0.3 is 0 Å². The summed E-state index contributed by atoms with van der Waals surface area (Å²) in [5.41, 5.74) is 2.00. The summed E-state index contributed by atoms with van der Waals surface area (Å²) in [5, 5.41) is 10.3. The molecule has 0 spiro atoms. The first-order chi connectivity index (χ1) is 13.6. The van der Waals surface area contributed by atoms with Crippen LogP contribution in [0.3, 0.4) is 0 Å². The fourth-order valence-electron chi connectivity index (χ4n) is 3.08. The van der Waals surface area contributed by atoms with E-state index >= 15 is 0 Å². The van der Waals surface area contributed by atoms with Gasteiger partial charge in [0, 0.05) is 51.8 Å². The van der Waals surface area contributed by atoms with Crippen LogP contribution in [0.4, 0.5) is 4.39 Å². The zero-order chi connectivity index (χ0) is 20.2. The van der Waals surface area contributed by atoms with Crippen molar-refractivity contribution >= 4 is 0 Å². The van der Waals surface area contributed by atoms with Gasteiger partial charge < -0.3 is 19.1 Å². The second-order valence-electron chi connectivity index (χ2n) is 6.71. The number of aromatic nitrogens is 1. The van der Waals surface area contributed by atoms with E-state index in [1.54, 1.807) is 19.2 Å². The summed E-state index contributed by atoms with van der Waals surface area (Å²) in [7, 11) is 1.68. The summed E-state index contributed by atoms with van der Waals surface area (Å²) in [6.45, 7) is 3.57. The molecule has 0 fully saturated rings. The minimum absolute atomic E-state index is 0.192. The molecule has 2 rings (SSSR count). The van der Waals surface area contributed by atoms with Crippen molar-refractivity contribution < 1.29 is 19.0 Å². The van der Waals surface area contributed by atoms with E-state index in [4.69, 9.17) is 15.9 Å². The van der Waals surface area contributed by atoms with Crippen LogP contribution in [0.5, 0.6) is 0 Å². The Labute approximate surface area is 166 Å². The van der Waals surface area contributed by atoms with Crippen molar-refractivity contribution in [3.05, 3.63) is 59.7 Å². The first-order valence-electron chi connectivity index (χ1n) is 9.41. The third-order valence-electron chi connectivity index (χ3n) is 4.34. The molecule has 0 bridgehead atoms. The number of nitrogens with zero attached hydrogens (tertiary/aromatic N) is 2. The van der Waals surface area contributed by atoms with Gasteiger partial charge in [-0.2, -0.15) is 0 Å². The van der Waals surface area contributed by atoms with E-state index in [0.29, 0.717) is 26.2 Å². The number of hydrogen-bond acceptors (Lipinski definition) is 4. The molecule has 1 aromatic carbocycles. The number of aliphatic hydroxyl groups excluding tert-OH is 1. The zero-order valence-corrected chi connectivity index (χ0v) is 16.4. The third kappa shape index (κ3) is 7.83. The number of aliphatic hydroxyl groups is 1.